The Morgan fingerprint density at radius 3 is 3.10 bits per heavy atom. The molecule has 2 unspecified atom stereocenters. The summed E-state index contributed by atoms with van der Waals surface area (Å²) in [4.78, 5) is 12.3. The molecule has 1 amide bonds. The first-order valence-electron chi connectivity index (χ1n) is 7.20. The van der Waals surface area contributed by atoms with Gasteiger partial charge in [-0.05, 0) is 25.5 Å². The highest BCUT2D eigenvalue weighted by Gasteiger charge is 2.19. The second-order valence-electron chi connectivity index (χ2n) is 5.15. The zero-order valence-corrected chi connectivity index (χ0v) is 13.2. The lowest BCUT2D eigenvalue weighted by atomic mass is 10.2. The molecule has 0 saturated heterocycles. The predicted molar refractivity (Wildman–Crippen MR) is 85.1 cm³/mol. The summed E-state index contributed by atoms with van der Waals surface area (Å²) >= 11 is 1.46. The van der Waals surface area contributed by atoms with E-state index >= 15 is 0 Å². The number of benzene rings is 1. The van der Waals surface area contributed by atoms with Gasteiger partial charge >= 0.3 is 0 Å². The van der Waals surface area contributed by atoms with Crippen molar-refractivity contribution in [2.45, 2.75) is 37.3 Å². The van der Waals surface area contributed by atoms with Gasteiger partial charge in [0.05, 0.1) is 16.3 Å². The SMILES string of the molecule is CCC(C)NCC(O)COc1cccc2c1SCC(=O)N2. The van der Waals surface area contributed by atoms with Crippen molar-refractivity contribution in [2.75, 3.05) is 24.2 Å². The topological polar surface area (TPSA) is 70.6 Å². The number of hydrogen-bond acceptors (Lipinski definition) is 5. The maximum Gasteiger partial charge on any atom is 0.234 e. The summed E-state index contributed by atoms with van der Waals surface area (Å²) in [6, 6.07) is 5.94. The van der Waals surface area contributed by atoms with Crippen molar-refractivity contribution in [2.24, 2.45) is 0 Å². The van der Waals surface area contributed by atoms with Crippen LogP contribution < -0.4 is 15.4 Å². The average Bonchev–Trinajstić information content (AvgIpc) is 2.49. The predicted octanol–water partition coefficient (Wildman–Crippen LogP) is 1.86. The molecule has 0 fully saturated rings. The number of nitrogens with one attached hydrogen (secondary N) is 2. The fraction of sp³-hybridized carbons (Fsp3) is 0.533. The van der Waals surface area contributed by atoms with E-state index in [9.17, 15) is 9.90 Å². The standard InChI is InChI=1S/C15H22N2O3S/c1-3-10(2)16-7-11(18)8-20-13-6-4-5-12-15(13)21-9-14(19)17-12/h4-6,10-11,16,18H,3,7-9H2,1-2H3,(H,17,19). The highest BCUT2D eigenvalue weighted by atomic mass is 32.2. The van der Waals surface area contributed by atoms with Crippen LogP contribution in [0.2, 0.25) is 0 Å². The van der Waals surface area contributed by atoms with Gasteiger partial charge in [0, 0.05) is 12.6 Å². The van der Waals surface area contributed by atoms with E-state index in [1.54, 1.807) is 0 Å². The Kier molecular flexibility index (Phi) is 5.90. The largest absolute Gasteiger partial charge is 0.490 e. The summed E-state index contributed by atoms with van der Waals surface area (Å²) in [5, 5.41) is 16.0. The van der Waals surface area contributed by atoms with Gasteiger partial charge < -0.3 is 20.5 Å². The minimum absolute atomic E-state index is 0.00226. The van der Waals surface area contributed by atoms with Crippen molar-refractivity contribution in [3.8, 4) is 5.75 Å². The molecule has 116 valence electrons. The number of rotatable bonds is 7. The Morgan fingerprint density at radius 1 is 1.52 bits per heavy atom. The van der Waals surface area contributed by atoms with Crippen molar-refractivity contribution >= 4 is 23.4 Å². The Labute approximate surface area is 129 Å². The number of fused-ring (bicyclic) bond motifs is 1. The lowest BCUT2D eigenvalue weighted by Crippen LogP contribution is -2.36. The van der Waals surface area contributed by atoms with E-state index in [0.717, 1.165) is 17.0 Å². The molecule has 0 radical (unpaired) electrons. The average molecular weight is 310 g/mol. The number of aliphatic hydroxyl groups is 1. The van der Waals surface area contributed by atoms with Crippen LogP contribution in [0.15, 0.2) is 23.1 Å². The second-order valence-corrected chi connectivity index (χ2v) is 6.14. The minimum Gasteiger partial charge on any atom is -0.490 e. The number of aliphatic hydroxyl groups excluding tert-OH is 1. The first kappa shape index (κ1) is 16.1. The van der Waals surface area contributed by atoms with Crippen LogP contribution in [0, 0.1) is 0 Å². The Hall–Kier alpha value is -1.24. The number of anilines is 1. The Bertz CT molecular complexity index is 496. The Morgan fingerprint density at radius 2 is 2.33 bits per heavy atom. The highest BCUT2D eigenvalue weighted by Crippen LogP contribution is 2.38. The first-order chi connectivity index (χ1) is 10.1. The van der Waals surface area contributed by atoms with Crippen molar-refractivity contribution in [1.29, 1.82) is 0 Å². The van der Waals surface area contributed by atoms with Crippen LogP contribution in [0.1, 0.15) is 20.3 Å². The molecular formula is C15H22N2O3S. The number of amides is 1. The van der Waals surface area contributed by atoms with Crippen LogP contribution in [0.25, 0.3) is 0 Å². The van der Waals surface area contributed by atoms with Gasteiger partial charge in [-0.1, -0.05) is 13.0 Å². The van der Waals surface area contributed by atoms with Gasteiger partial charge in [0.1, 0.15) is 18.5 Å². The van der Waals surface area contributed by atoms with E-state index < -0.39 is 6.10 Å². The molecule has 0 spiro atoms. The monoisotopic (exact) mass is 310 g/mol. The number of carbonyl (C=O) groups is 1. The molecule has 0 aromatic heterocycles. The molecule has 1 aliphatic heterocycles. The molecule has 1 aromatic carbocycles. The highest BCUT2D eigenvalue weighted by molar-refractivity contribution is 8.00. The third-order valence-corrected chi connectivity index (χ3v) is 4.46. The summed E-state index contributed by atoms with van der Waals surface area (Å²) in [5.74, 6) is 1.11. The van der Waals surface area contributed by atoms with Crippen molar-refractivity contribution in [3.63, 3.8) is 0 Å². The van der Waals surface area contributed by atoms with Crippen LogP contribution in [-0.4, -0.2) is 42.1 Å². The first-order valence-corrected chi connectivity index (χ1v) is 8.18. The quantitative estimate of drug-likeness (QED) is 0.717. The molecule has 21 heavy (non-hydrogen) atoms. The third-order valence-electron chi connectivity index (χ3n) is 3.35. The second kappa shape index (κ2) is 7.68. The minimum atomic E-state index is -0.557. The lowest BCUT2D eigenvalue weighted by Gasteiger charge is -2.21. The lowest BCUT2D eigenvalue weighted by molar-refractivity contribution is -0.113. The van der Waals surface area contributed by atoms with Gasteiger partial charge in [-0.2, -0.15) is 0 Å². The van der Waals surface area contributed by atoms with E-state index in [2.05, 4.69) is 24.5 Å². The van der Waals surface area contributed by atoms with Gasteiger partial charge in [0.2, 0.25) is 5.91 Å². The summed E-state index contributed by atoms with van der Waals surface area (Å²) in [7, 11) is 0. The van der Waals surface area contributed by atoms with E-state index in [0.29, 0.717) is 24.1 Å². The van der Waals surface area contributed by atoms with E-state index in [1.807, 2.05) is 18.2 Å². The van der Waals surface area contributed by atoms with Gasteiger partial charge in [0.15, 0.2) is 0 Å². The number of thioether (sulfide) groups is 1. The molecule has 1 aromatic rings. The number of carbonyl (C=O) groups excluding carboxylic acids is 1. The molecule has 0 saturated carbocycles. The normalized spacial score (nSPS) is 16.8. The summed E-state index contributed by atoms with van der Waals surface area (Å²) < 4.78 is 5.71. The van der Waals surface area contributed by atoms with E-state index in [4.69, 9.17) is 4.74 Å². The molecular weight excluding hydrogens is 288 g/mol. The summed E-state index contributed by atoms with van der Waals surface area (Å²) in [5.41, 5.74) is 0.779. The Balaban J connectivity index is 1.89. The van der Waals surface area contributed by atoms with E-state index in [-0.39, 0.29) is 12.5 Å². The van der Waals surface area contributed by atoms with Gasteiger partial charge in [-0.15, -0.1) is 11.8 Å². The molecule has 6 heteroatoms. The van der Waals surface area contributed by atoms with Gasteiger partial charge in [-0.25, -0.2) is 0 Å². The number of ether oxygens (including phenoxy) is 1. The summed E-state index contributed by atoms with van der Waals surface area (Å²) in [6.45, 7) is 4.92. The molecule has 2 atom stereocenters. The smallest absolute Gasteiger partial charge is 0.234 e. The molecule has 1 aliphatic rings. The van der Waals surface area contributed by atoms with Crippen LogP contribution in [-0.2, 0) is 4.79 Å². The van der Waals surface area contributed by atoms with E-state index in [1.165, 1.54) is 11.8 Å². The van der Waals surface area contributed by atoms with Crippen LogP contribution >= 0.6 is 11.8 Å². The molecule has 5 nitrogen and oxygen atoms in total. The van der Waals surface area contributed by atoms with Gasteiger partial charge in [0.25, 0.3) is 0 Å². The van der Waals surface area contributed by atoms with Crippen LogP contribution in [0.4, 0.5) is 5.69 Å². The van der Waals surface area contributed by atoms with Crippen molar-refractivity contribution < 1.29 is 14.6 Å². The maximum atomic E-state index is 11.4. The zero-order chi connectivity index (χ0) is 15.2. The zero-order valence-electron chi connectivity index (χ0n) is 12.4. The van der Waals surface area contributed by atoms with Crippen LogP contribution in [0.5, 0.6) is 5.75 Å². The summed E-state index contributed by atoms with van der Waals surface area (Å²) in [6.07, 6.45) is 0.467. The molecule has 2 rings (SSSR count). The molecule has 0 aliphatic carbocycles. The van der Waals surface area contributed by atoms with Crippen molar-refractivity contribution in [3.05, 3.63) is 18.2 Å². The fourth-order valence-electron chi connectivity index (χ4n) is 1.93. The maximum absolute atomic E-state index is 11.4. The fourth-order valence-corrected chi connectivity index (χ4v) is 2.82. The third kappa shape index (κ3) is 4.62. The number of hydrogen-bond donors (Lipinski definition) is 3. The molecule has 1 heterocycles. The molecule has 0 bridgehead atoms. The molecule has 3 N–H and O–H groups in total. The van der Waals surface area contributed by atoms with Crippen molar-refractivity contribution in [1.82, 2.24) is 5.32 Å². The van der Waals surface area contributed by atoms with Crippen LogP contribution in [0.3, 0.4) is 0 Å². The van der Waals surface area contributed by atoms with Gasteiger partial charge in [-0.3, -0.25) is 4.79 Å².